The molecular weight excluding hydrogens is 176 g/mol. The van der Waals surface area contributed by atoms with Gasteiger partial charge in [-0.05, 0) is 12.8 Å². The van der Waals surface area contributed by atoms with E-state index in [2.05, 4.69) is 15.5 Å². The van der Waals surface area contributed by atoms with Crippen LogP contribution in [0.2, 0.25) is 0 Å². The third kappa shape index (κ3) is 1.03. The molecule has 0 aromatic rings. The van der Waals surface area contributed by atoms with Gasteiger partial charge in [0.15, 0.2) is 5.72 Å². The molecule has 0 radical (unpaired) electrons. The average molecular weight is 188 g/mol. The number of hydrogen-bond acceptors (Lipinski definition) is 4. The van der Waals surface area contributed by atoms with Crippen LogP contribution < -0.4 is 10.6 Å². The Morgan fingerprint density at radius 3 is 2.62 bits per heavy atom. The van der Waals surface area contributed by atoms with E-state index in [0.717, 1.165) is 12.8 Å². The molecule has 0 aromatic carbocycles. The molecule has 2 atom stereocenters. The molecule has 2 fully saturated rings. The maximum absolute atomic E-state index is 11.0. The van der Waals surface area contributed by atoms with Gasteiger partial charge in [0.1, 0.15) is 0 Å². The third-order valence-corrected chi connectivity index (χ3v) is 2.78. The summed E-state index contributed by atoms with van der Waals surface area (Å²) < 4.78 is 0. The van der Waals surface area contributed by atoms with E-state index in [4.69, 9.17) is 5.26 Å². The molecule has 2 aliphatic rings. The minimum absolute atomic E-state index is 0.381. The van der Waals surface area contributed by atoms with E-state index in [1.54, 1.807) is 0 Å². The van der Waals surface area contributed by atoms with Gasteiger partial charge < -0.3 is 15.7 Å². The second kappa shape index (κ2) is 2.57. The fourth-order valence-corrected chi connectivity index (χ4v) is 2.04. The summed E-state index contributed by atoms with van der Waals surface area (Å²) in [5, 5.41) is 23.4. The van der Waals surface area contributed by atoms with Gasteiger partial charge in [0.2, 0.25) is 5.72 Å². The molecule has 1 heterocycles. The first-order valence-electron chi connectivity index (χ1n) is 4.27. The summed E-state index contributed by atoms with van der Waals surface area (Å²) in [6, 6.07) is -0.515. The smallest absolute Gasteiger partial charge is 0.319 e. The Balaban J connectivity index is 2.32. The van der Waals surface area contributed by atoms with Crippen LogP contribution in [0.3, 0.4) is 0 Å². The fraction of sp³-hybridized carbons (Fsp3) is 0.857. The Hall–Kier alpha value is -0.850. The van der Waals surface area contributed by atoms with Crippen molar-refractivity contribution < 1.29 is 20.0 Å². The standard InChI is InChI=1S/C7H12N2O4/c10-5-8-6(11)3-1-2-4-7(6,9-5)13-12/h11-12H,1-4H2,(H2,8,9,10)/t6-,7+/m1/s1. The number of nitrogens with one attached hydrogen (secondary N) is 2. The van der Waals surface area contributed by atoms with Crippen molar-refractivity contribution in [2.45, 2.75) is 37.1 Å². The van der Waals surface area contributed by atoms with Gasteiger partial charge in [0, 0.05) is 12.8 Å². The van der Waals surface area contributed by atoms with Gasteiger partial charge in [-0.2, -0.15) is 0 Å². The van der Waals surface area contributed by atoms with Gasteiger partial charge in [0.25, 0.3) is 0 Å². The number of aliphatic hydroxyl groups is 1. The van der Waals surface area contributed by atoms with Crippen molar-refractivity contribution in [2.24, 2.45) is 0 Å². The van der Waals surface area contributed by atoms with E-state index in [0.29, 0.717) is 12.8 Å². The molecule has 2 amide bonds. The van der Waals surface area contributed by atoms with E-state index in [-0.39, 0.29) is 0 Å². The number of fused-ring (bicyclic) bond motifs is 1. The molecule has 2 rings (SSSR count). The van der Waals surface area contributed by atoms with Gasteiger partial charge >= 0.3 is 6.03 Å². The van der Waals surface area contributed by atoms with E-state index < -0.39 is 17.5 Å². The molecule has 1 saturated carbocycles. The Morgan fingerprint density at radius 1 is 1.31 bits per heavy atom. The lowest BCUT2D eigenvalue weighted by molar-refractivity contribution is -0.374. The number of amides is 2. The summed E-state index contributed by atoms with van der Waals surface area (Å²) >= 11 is 0. The summed E-state index contributed by atoms with van der Waals surface area (Å²) in [7, 11) is 0. The molecule has 0 spiro atoms. The first-order chi connectivity index (χ1) is 6.12. The second-order valence-corrected chi connectivity index (χ2v) is 3.56. The Morgan fingerprint density at radius 2 is 2.00 bits per heavy atom. The number of rotatable bonds is 1. The highest BCUT2D eigenvalue weighted by Crippen LogP contribution is 2.38. The second-order valence-electron chi connectivity index (χ2n) is 3.56. The maximum Gasteiger partial charge on any atom is 0.319 e. The van der Waals surface area contributed by atoms with Crippen LogP contribution in [0.1, 0.15) is 25.7 Å². The first kappa shape index (κ1) is 8.74. The fourth-order valence-electron chi connectivity index (χ4n) is 2.04. The molecule has 0 aromatic heterocycles. The largest absolute Gasteiger partial charge is 0.367 e. The highest BCUT2D eigenvalue weighted by Gasteiger charge is 2.60. The van der Waals surface area contributed by atoms with Crippen LogP contribution in [-0.4, -0.2) is 27.8 Å². The van der Waals surface area contributed by atoms with E-state index in [9.17, 15) is 9.90 Å². The van der Waals surface area contributed by atoms with E-state index in [1.165, 1.54) is 0 Å². The molecule has 74 valence electrons. The summed E-state index contributed by atoms with van der Waals surface area (Å²) in [6.45, 7) is 0. The summed E-state index contributed by atoms with van der Waals surface area (Å²) in [5.74, 6) is 0. The van der Waals surface area contributed by atoms with Crippen LogP contribution in [0, 0.1) is 0 Å². The van der Waals surface area contributed by atoms with Crippen molar-refractivity contribution >= 4 is 6.03 Å². The molecule has 0 bridgehead atoms. The highest BCUT2D eigenvalue weighted by molar-refractivity contribution is 5.78. The van der Waals surface area contributed by atoms with Crippen molar-refractivity contribution in [1.82, 2.24) is 10.6 Å². The minimum Gasteiger partial charge on any atom is -0.367 e. The Labute approximate surface area is 74.8 Å². The van der Waals surface area contributed by atoms with Gasteiger partial charge in [0.05, 0.1) is 0 Å². The van der Waals surface area contributed by atoms with Gasteiger partial charge in [-0.3, -0.25) is 0 Å². The monoisotopic (exact) mass is 188 g/mol. The minimum atomic E-state index is -1.48. The lowest BCUT2D eigenvalue weighted by atomic mass is 9.84. The number of carbonyl (C=O) groups is 1. The molecular formula is C7H12N2O4. The lowest BCUT2D eigenvalue weighted by Gasteiger charge is -2.40. The maximum atomic E-state index is 11.0. The van der Waals surface area contributed by atoms with Crippen LogP contribution >= 0.6 is 0 Å². The van der Waals surface area contributed by atoms with E-state index in [1.807, 2.05) is 0 Å². The predicted molar refractivity (Wildman–Crippen MR) is 41.5 cm³/mol. The molecule has 0 unspecified atom stereocenters. The molecule has 1 saturated heterocycles. The Kier molecular flexibility index (Phi) is 1.73. The quantitative estimate of drug-likeness (QED) is 0.337. The van der Waals surface area contributed by atoms with Crippen molar-refractivity contribution in [2.75, 3.05) is 0 Å². The van der Waals surface area contributed by atoms with Crippen LogP contribution in [0.25, 0.3) is 0 Å². The topological polar surface area (TPSA) is 90.8 Å². The summed E-state index contributed by atoms with van der Waals surface area (Å²) in [4.78, 5) is 15.2. The van der Waals surface area contributed by atoms with E-state index >= 15 is 0 Å². The Bertz CT molecular complexity index is 247. The molecule has 6 heteroatoms. The molecule has 1 aliphatic carbocycles. The zero-order valence-electron chi connectivity index (χ0n) is 7.04. The zero-order valence-corrected chi connectivity index (χ0v) is 7.04. The average Bonchev–Trinajstić information content (AvgIpc) is 2.35. The molecule has 13 heavy (non-hydrogen) atoms. The van der Waals surface area contributed by atoms with Crippen LogP contribution in [0.5, 0.6) is 0 Å². The lowest BCUT2D eigenvalue weighted by Crippen LogP contribution is -2.63. The van der Waals surface area contributed by atoms with Gasteiger partial charge in [-0.15, -0.1) is 0 Å². The zero-order chi connectivity index (χ0) is 9.53. The van der Waals surface area contributed by atoms with Crippen molar-refractivity contribution in [3.8, 4) is 0 Å². The SMILES string of the molecule is O=C1N[C@]2(OO)CCCC[C@]2(O)N1. The van der Waals surface area contributed by atoms with Gasteiger partial charge in [-0.1, -0.05) is 0 Å². The predicted octanol–water partition coefficient (Wildman–Crippen LogP) is -0.252. The van der Waals surface area contributed by atoms with Crippen molar-refractivity contribution in [3.63, 3.8) is 0 Å². The number of urea groups is 1. The summed E-state index contributed by atoms with van der Waals surface area (Å²) in [6.07, 6.45) is 2.37. The van der Waals surface area contributed by atoms with Crippen LogP contribution in [-0.2, 0) is 4.89 Å². The van der Waals surface area contributed by atoms with Crippen molar-refractivity contribution in [1.29, 1.82) is 0 Å². The molecule has 4 N–H and O–H groups in total. The highest BCUT2D eigenvalue weighted by atomic mass is 17.1. The molecule has 1 aliphatic heterocycles. The molecule has 6 nitrogen and oxygen atoms in total. The van der Waals surface area contributed by atoms with Crippen LogP contribution in [0.4, 0.5) is 4.79 Å². The van der Waals surface area contributed by atoms with Crippen molar-refractivity contribution in [3.05, 3.63) is 0 Å². The number of hydrogen-bond donors (Lipinski definition) is 4. The third-order valence-electron chi connectivity index (χ3n) is 2.78. The summed E-state index contributed by atoms with van der Waals surface area (Å²) in [5.41, 5.74) is -2.83. The number of carbonyl (C=O) groups excluding carboxylic acids is 1. The first-order valence-corrected chi connectivity index (χ1v) is 4.27. The van der Waals surface area contributed by atoms with Crippen LogP contribution in [0.15, 0.2) is 0 Å². The van der Waals surface area contributed by atoms with Gasteiger partial charge in [-0.25, -0.2) is 14.9 Å². The normalized spacial score (nSPS) is 43.7.